The zero-order chi connectivity index (χ0) is 10.6. The molecule has 0 aliphatic rings. The highest BCUT2D eigenvalue weighted by molar-refractivity contribution is 7.61. The Hall–Kier alpha value is -1.05. The van der Waals surface area contributed by atoms with Gasteiger partial charge in [0, 0.05) is 0 Å². The molecule has 0 aromatic heterocycles. The topological polar surface area (TPSA) is 46.5 Å². The van der Waals surface area contributed by atoms with Crippen molar-refractivity contribution in [3.8, 4) is 0 Å². The van der Waals surface area contributed by atoms with Crippen LogP contribution in [0.5, 0.6) is 0 Å². The summed E-state index contributed by atoms with van der Waals surface area (Å²) in [5, 5.41) is 0.345. The predicted molar refractivity (Wildman–Crippen MR) is 56.5 cm³/mol. The summed E-state index contributed by atoms with van der Waals surface area (Å²) in [4.78, 5) is 9.58. The van der Waals surface area contributed by atoms with Crippen molar-refractivity contribution >= 4 is 12.9 Å². The van der Waals surface area contributed by atoms with Crippen LogP contribution in [0, 0.1) is 6.92 Å². The maximum absolute atomic E-state index is 11.7. The van der Waals surface area contributed by atoms with Gasteiger partial charge in [-0.25, -0.2) is 4.57 Å². The van der Waals surface area contributed by atoms with E-state index >= 15 is 0 Å². The summed E-state index contributed by atoms with van der Waals surface area (Å²) < 4.78 is 16.5. The molecule has 0 radical (unpaired) electrons. The van der Waals surface area contributed by atoms with E-state index in [0.717, 1.165) is 5.56 Å². The van der Waals surface area contributed by atoms with Crippen molar-refractivity contribution in [2.45, 2.75) is 13.8 Å². The van der Waals surface area contributed by atoms with E-state index in [-0.39, 0.29) is 0 Å². The van der Waals surface area contributed by atoms with Gasteiger partial charge in [-0.05, 0) is 25.5 Å². The molecule has 1 N–H and O–H groups in total. The van der Waals surface area contributed by atoms with Crippen LogP contribution in [0.1, 0.15) is 12.5 Å². The van der Waals surface area contributed by atoms with Gasteiger partial charge in [0.05, 0.1) is 11.6 Å². The van der Waals surface area contributed by atoms with Crippen molar-refractivity contribution in [2.75, 3.05) is 0 Å². The van der Waals surface area contributed by atoms with Crippen LogP contribution >= 0.6 is 7.60 Å². The van der Waals surface area contributed by atoms with Gasteiger partial charge in [-0.3, -0.25) is 0 Å². The number of hydrogen-bond acceptors (Lipinski definition) is 2. The Labute approximate surface area is 83.6 Å². The van der Waals surface area contributed by atoms with Gasteiger partial charge in [0.2, 0.25) is 0 Å². The van der Waals surface area contributed by atoms with Crippen molar-refractivity contribution in [3.05, 3.63) is 42.2 Å². The van der Waals surface area contributed by atoms with Gasteiger partial charge in [0.1, 0.15) is 0 Å². The van der Waals surface area contributed by atoms with Gasteiger partial charge in [0.15, 0.2) is 0 Å². The largest absolute Gasteiger partial charge is 0.430 e. The van der Waals surface area contributed by atoms with Crippen molar-refractivity contribution < 1.29 is 14.0 Å². The Morgan fingerprint density at radius 2 is 2.07 bits per heavy atom. The molecule has 1 unspecified atom stereocenters. The molecule has 0 saturated carbocycles. The molecule has 4 heteroatoms. The van der Waals surface area contributed by atoms with Crippen LogP contribution in [-0.2, 0) is 9.09 Å². The summed E-state index contributed by atoms with van der Waals surface area (Å²) in [5.41, 5.74) is 0.753. The Kier molecular flexibility index (Phi) is 3.50. The monoisotopic (exact) mass is 212 g/mol. The molecule has 0 saturated heterocycles. The molecule has 1 aromatic rings. The smallest absolute Gasteiger partial charge is 0.407 e. The number of hydrogen-bond donors (Lipinski definition) is 1. The Morgan fingerprint density at radius 3 is 2.64 bits per heavy atom. The van der Waals surface area contributed by atoms with Crippen LogP contribution in [0.15, 0.2) is 36.6 Å². The average Bonchev–Trinajstić information content (AvgIpc) is 2.15. The van der Waals surface area contributed by atoms with Gasteiger partial charge in [-0.2, -0.15) is 0 Å². The first-order valence-corrected chi connectivity index (χ1v) is 5.84. The second-order valence-electron chi connectivity index (χ2n) is 2.88. The van der Waals surface area contributed by atoms with Crippen molar-refractivity contribution in [2.24, 2.45) is 0 Å². The standard InChI is InChI=1S/C10H13O3P/c1-3-8-13-14(11,12)10-7-5-4-6-9(10)2/h3-8H,1-2H3,(H,11,12). The first kappa shape index (κ1) is 11.0. The highest BCUT2D eigenvalue weighted by atomic mass is 31.2. The molecular formula is C10H13O3P. The van der Waals surface area contributed by atoms with E-state index in [1.54, 1.807) is 38.1 Å². The molecule has 0 fully saturated rings. The zero-order valence-electron chi connectivity index (χ0n) is 8.18. The summed E-state index contributed by atoms with van der Waals surface area (Å²) in [6, 6.07) is 6.90. The minimum absolute atomic E-state index is 0.345. The quantitative estimate of drug-likeness (QED) is 0.618. The normalized spacial score (nSPS) is 15.4. The van der Waals surface area contributed by atoms with Gasteiger partial charge >= 0.3 is 7.60 Å². The second-order valence-corrected chi connectivity index (χ2v) is 4.62. The fourth-order valence-corrected chi connectivity index (χ4v) is 2.28. The van der Waals surface area contributed by atoms with E-state index in [1.807, 2.05) is 6.07 Å². The fourth-order valence-electron chi connectivity index (χ4n) is 1.08. The van der Waals surface area contributed by atoms with E-state index in [2.05, 4.69) is 0 Å². The number of benzene rings is 1. The highest BCUT2D eigenvalue weighted by Crippen LogP contribution is 2.41. The van der Waals surface area contributed by atoms with Gasteiger partial charge in [-0.1, -0.05) is 24.3 Å². The first-order chi connectivity index (χ1) is 6.58. The van der Waals surface area contributed by atoms with Crippen molar-refractivity contribution in [1.29, 1.82) is 0 Å². The summed E-state index contributed by atoms with van der Waals surface area (Å²) in [5.74, 6) is 0. The third-order valence-electron chi connectivity index (χ3n) is 1.76. The number of rotatable bonds is 3. The maximum Gasteiger partial charge on any atom is 0.407 e. The molecule has 3 nitrogen and oxygen atoms in total. The van der Waals surface area contributed by atoms with Crippen LogP contribution in [0.25, 0.3) is 0 Å². The first-order valence-electron chi connectivity index (χ1n) is 4.26. The molecule has 0 bridgehead atoms. The van der Waals surface area contributed by atoms with E-state index in [9.17, 15) is 9.46 Å². The molecule has 0 aliphatic heterocycles. The van der Waals surface area contributed by atoms with E-state index < -0.39 is 7.60 Å². The fraction of sp³-hybridized carbons (Fsp3) is 0.200. The second kappa shape index (κ2) is 4.45. The third kappa shape index (κ3) is 2.47. The molecule has 76 valence electrons. The van der Waals surface area contributed by atoms with Crippen LogP contribution in [0.4, 0.5) is 0 Å². The van der Waals surface area contributed by atoms with E-state index in [1.165, 1.54) is 6.26 Å². The molecule has 0 heterocycles. The SMILES string of the molecule is CC=COP(=O)(O)c1ccccc1C. The zero-order valence-corrected chi connectivity index (χ0v) is 9.07. The lowest BCUT2D eigenvalue weighted by atomic mass is 10.2. The average molecular weight is 212 g/mol. The van der Waals surface area contributed by atoms with Crippen LogP contribution in [-0.4, -0.2) is 4.89 Å². The van der Waals surface area contributed by atoms with Crippen molar-refractivity contribution in [3.63, 3.8) is 0 Å². The highest BCUT2D eigenvalue weighted by Gasteiger charge is 2.23. The molecular weight excluding hydrogens is 199 g/mol. The molecule has 0 amide bonds. The molecule has 1 atom stereocenters. The molecule has 0 aliphatic carbocycles. The Bertz CT molecular complexity index is 385. The molecule has 1 rings (SSSR count). The summed E-state index contributed by atoms with van der Waals surface area (Å²) in [6.07, 6.45) is 2.80. The molecule has 1 aromatic carbocycles. The summed E-state index contributed by atoms with van der Waals surface area (Å²) in [7, 11) is -3.69. The summed E-state index contributed by atoms with van der Waals surface area (Å²) >= 11 is 0. The van der Waals surface area contributed by atoms with Crippen LogP contribution in [0.2, 0.25) is 0 Å². The Morgan fingerprint density at radius 1 is 1.43 bits per heavy atom. The maximum atomic E-state index is 11.7. The van der Waals surface area contributed by atoms with Gasteiger partial charge < -0.3 is 9.42 Å². The third-order valence-corrected chi connectivity index (χ3v) is 3.28. The Balaban J connectivity index is 3.04. The van der Waals surface area contributed by atoms with Gasteiger partial charge in [0.25, 0.3) is 0 Å². The lowest BCUT2D eigenvalue weighted by Crippen LogP contribution is -2.08. The number of aryl methyl sites for hydroxylation is 1. The minimum atomic E-state index is -3.69. The van der Waals surface area contributed by atoms with Crippen LogP contribution < -0.4 is 5.30 Å². The lowest BCUT2D eigenvalue weighted by molar-refractivity contribution is 0.360. The van der Waals surface area contributed by atoms with Crippen LogP contribution in [0.3, 0.4) is 0 Å². The van der Waals surface area contributed by atoms with Gasteiger partial charge in [-0.15, -0.1) is 0 Å². The predicted octanol–water partition coefficient (Wildman–Crippen LogP) is 2.36. The molecule has 0 spiro atoms. The molecule has 14 heavy (non-hydrogen) atoms. The summed E-state index contributed by atoms with van der Waals surface area (Å²) in [6.45, 7) is 3.50. The van der Waals surface area contributed by atoms with E-state index in [4.69, 9.17) is 4.52 Å². The van der Waals surface area contributed by atoms with Crippen molar-refractivity contribution in [1.82, 2.24) is 0 Å². The lowest BCUT2D eigenvalue weighted by Gasteiger charge is -2.12. The number of allylic oxidation sites excluding steroid dienone is 1. The minimum Gasteiger partial charge on any atom is -0.430 e. The van der Waals surface area contributed by atoms with E-state index in [0.29, 0.717) is 5.30 Å².